The molecule has 1 unspecified atom stereocenters. The number of aromatic nitrogens is 1. The van der Waals surface area contributed by atoms with Crippen LogP contribution in [0.3, 0.4) is 0 Å². The molecule has 0 bridgehead atoms. The number of rotatable bonds is 5. The lowest BCUT2D eigenvalue weighted by Gasteiger charge is -2.35. The van der Waals surface area contributed by atoms with Gasteiger partial charge >= 0.3 is 0 Å². The Balaban J connectivity index is 1.96. The zero-order chi connectivity index (χ0) is 14.5. The van der Waals surface area contributed by atoms with Gasteiger partial charge in [0.1, 0.15) is 0 Å². The van der Waals surface area contributed by atoms with E-state index >= 15 is 0 Å². The van der Waals surface area contributed by atoms with Crippen LogP contribution in [0.15, 0.2) is 18.5 Å². The summed E-state index contributed by atoms with van der Waals surface area (Å²) < 4.78 is 0. The number of likely N-dealkylation sites (tertiary alicyclic amines) is 1. The van der Waals surface area contributed by atoms with Crippen LogP contribution in [0, 0.1) is 5.92 Å². The highest BCUT2D eigenvalue weighted by Gasteiger charge is 2.23. The van der Waals surface area contributed by atoms with E-state index in [9.17, 15) is 0 Å². The zero-order valence-electron chi connectivity index (χ0n) is 13.3. The predicted octanol–water partition coefficient (Wildman–Crippen LogP) is 2.68. The molecule has 1 aliphatic rings. The van der Waals surface area contributed by atoms with E-state index in [1.54, 1.807) is 0 Å². The first-order valence-electron chi connectivity index (χ1n) is 7.72. The van der Waals surface area contributed by atoms with Gasteiger partial charge in [-0.2, -0.15) is 0 Å². The van der Waals surface area contributed by atoms with Gasteiger partial charge in [0.2, 0.25) is 0 Å². The lowest BCUT2D eigenvalue weighted by atomic mass is 9.90. The quantitative estimate of drug-likeness (QED) is 0.896. The smallest absolute Gasteiger partial charge is 0.0766 e. The summed E-state index contributed by atoms with van der Waals surface area (Å²) in [6, 6.07) is 2.56. The van der Waals surface area contributed by atoms with Crippen molar-refractivity contribution < 1.29 is 0 Å². The topological polar surface area (TPSA) is 31.4 Å². The van der Waals surface area contributed by atoms with E-state index in [-0.39, 0.29) is 0 Å². The summed E-state index contributed by atoms with van der Waals surface area (Å²) in [5.41, 5.74) is 2.35. The molecule has 4 heteroatoms. The van der Waals surface area contributed by atoms with Crippen LogP contribution in [0.2, 0.25) is 0 Å². The molecule has 20 heavy (non-hydrogen) atoms. The molecule has 0 spiro atoms. The van der Waals surface area contributed by atoms with Gasteiger partial charge in [0.15, 0.2) is 0 Å². The fourth-order valence-electron chi connectivity index (χ4n) is 3.02. The second kappa shape index (κ2) is 6.93. The normalized spacial score (nSPS) is 18.8. The maximum atomic E-state index is 4.25. The van der Waals surface area contributed by atoms with Gasteiger partial charge in [-0.1, -0.05) is 6.92 Å². The molecule has 1 saturated heterocycles. The first-order chi connectivity index (χ1) is 9.61. The Morgan fingerprint density at radius 2 is 2.10 bits per heavy atom. The van der Waals surface area contributed by atoms with Crippen LogP contribution in [0.25, 0.3) is 0 Å². The predicted molar refractivity (Wildman–Crippen MR) is 86.5 cm³/mol. The van der Waals surface area contributed by atoms with Crippen molar-refractivity contribution >= 4 is 11.4 Å². The minimum Gasteiger partial charge on any atom is -0.379 e. The molecule has 0 amide bonds. The van der Waals surface area contributed by atoms with Crippen LogP contribution in [0.5, 0.6) is 0 Å². The van der Waals surface area contributed by atoms with E-state index in [0.29, 0.717) is 6.04 Å². The van der Waals surface area contributed by atoms with Crippen LogP contribution in [-0.2, 0) is 0 Å². The summed E-state index contributed by atoms with van der Waals surface area (Å²) in [5, 5.41) is 3.67. The third kappa shape index (κ3) is 3.63. The SMILES string of the molecule is CCN1CCC(C(C)Nc2cnccc2N(C)C)CC1. The second-order valence-corrected chi connectivity index (χ2v) is 5.99. The van der Waals surface area contributed by atoms with Crippen molar-refractivity contribution in [2.75, 3.05) is 43.9 Å². The van der Waals surface area contributed by atoms with E-state index in [1.165, 1.54) is 38.2 Å². The number of anilines is 2. The average molecular weight is 276 g/mol. The molecular weight excluding hydrogens is 248 g/mol. The molecule has 0 aromatic carbocycles. The summed E-state index contributed by atoms with van der Waals surface area (Å²) in [5.74, 6) is 0.757. The molecule has 1 aliphatic heterocycles. The molecule has 0 aliphatic carbocycles. The first kappa shape index (κ1) is 15.1. The highest BCUT2D eigenvalue weighted by molar-refractivity contribution is 5.68. The van der Waals surface area contributed by atoms with Gasteiger partial charge in [-0.3, -0.25) is 4.98 Å². The molecule has 1 aromatic rings. The second-order valence-electron chi connectivity index (χ2n) is 5.99. The Hall–Kier alpha value is -1.29. The molecule has 2 heterocycles. The number of pyridine rings is 1. The number of hydrogen-bond acceptors (Lipinski definition) is 4. The lowest BCUT2D eigenvalue weighted by molar-refractivity contribution is 0.183. The highest BCUT2D eigenvalue weighted by atomic mass is 15.1. The van der Waals surface area contributed by atoms with Crippen molar-refractivity contribution in [3.05, 3.63) is 18.5 Å². The molecule has 1 atom stereocenters. The molecule has 1 aromatic heterocycles. The monoisotopic (exact) mass is 276 g/mol. The Labute approximate surface area is 123 Å². The summed E-state index contributed by atoms with van der Waals surface area (Å²) in [7, 11) is 4.15. The van der Waals surface area contributed by atoms with E-state index < -0.39 is 0 Å². The fourth-order valence-corrected chi connectivity index (χ4v) is 3.02. The van der Waals surface area contributed by atoms with Gasteiger partial charge in [0, 0.05) is 26.3 Å². The minimum atomic E-state index is 0.497. The van der Waals surface area contributed by atoms with Crippen molar-refractivity contribution in [3.8, 4) is 0 Å². The van der Waals surface area contributed by atoms with Gasteiger partial charge in [0.25, 0.3) is 0 Å². The van der Waals surface area contributed by atoms with E-state index in [1.807, 2.05) is 12.4 Å². The Morgan fingerprint density at radius 1 is 1.40 bits per heavy atom. The van der Waals surface area contributed by atoms with E-state index in [4.69, 9.17) is 0 Å². The van der Waals surface area contributed by atoms with Crippen molar-refractivity contribution in [3.63, 3.8) is 0 Å². The van der Waals surface area contributed by atoms with Gasteiger partial charge < -0.3 is 15.1 Å². The van der Waals surface area contributed by atoms with Gasteiger partial charge in [-0.25, -0.2) is 0 Å². The van der Waals surface area contributed by atoms with Crippen molar-refractivity contribution in [1.29, 1.82) is 0 Å². The number of hydrogen-bond donors (Lipinski definition) is 1. The largest absolute Gasteiger partial charge is 0.379 e. The van der Waals surface area contributed by atoms with Crippen molar-refractivity contribution in [2.45, 2.75) is 32.7 Å². The van der Waals surface area contributed by atoms with E-state index in [2.05, 4.69) is 54.1 Å². The fraction of sp³-hybridized carbons (Fsp3) is 0.688. The molecular formula is C16H28N4. The maximum absolute atomic E-state index is 4.25. The average Bonchev–Trinajstić information content (AvgIpc) is 2.47. The molecule has 0 saturated carbocycles. The van der Waals surface area contributed by atoms with Gasteiger partial charge in [0.05, 0.1) is 17.6 Å². The molecule has 2 rings (SSSR count). The van der Waals surface area contributed by atoms with E-state index in [0.717, 1.165) is 11.6 Å². The Morgan fingerprint density at radius 3 is 2.70 bits per heavy atom. The Bertz CT molecular complexity index is 411. The molecule has 1 N–H and O–H groups in total. The van der Waals surface area contributed by atoms with Crippen LogP contribution in [0.1, 0.15) is 26.7 Å². The van der Waals surface area contributed by atoms with Crippen molar-refractivity contribution in [2.24, 2.45) is 5.92 Å². The summed E-state index contributed by atoms with van der Waals surface area (Å²) in [4.78, 5) is 8.93. The number of nitrogens with one attached hydrogen (secondary N) is 1. The van der Waals surface area contributed by atoms with Crippen LogP contribution in [0.4, 0.5) is 11.4 Å². The first-order valence-corrected chi connectivity index (χ1v) is 7.72. The van der Waals surface area contributed by atoms with Gasteiger partial charge in [-0.05, 0) is 51.4 Å². The molecule has 0 radical (unpaired) electrons. The number of nitrogens with zero attached hydrogens (tertiary/aromatic N) is 3. The van der Waals surface area contributed by atoms with Crippen LogP contribution >= 0.6 is 0 Å². The summed E-state index contributed by atoms with van der Waals surface area (Å²) in [6.07, 6.45) is 6.37. The third-order valence-electron chi connectivity index (χ3n) is 4.45. The minimum absolute atomic E-state index is 0.497. The molecule has 1 fully saturated rings. The van der Waals surface area contributed by atoms with Crippen LogP contribution < -0.4 is 10.2 Å². The summed E-state index contributed by atoms with van der Waals surface area (Å²) in [6.45, 7) is 8.21. The zero-order valence-corrected chi connectivity index (χ0v) is 13.3. The standard InChI is InChI=1S/C16H28N4/c1-5-20-10-7-14(8-11-20)13(2)18-15-12-17-9-6-16(15)19(3)4/h6,9,12-14,18H,5,7-8,10-11H2,1-4H3. The lowest BCUT2D eigenvalue weighted by Crippen LogP contribution is -2.39. The maximum Gasteiger partial charge on any atom is 0.0766 e. The summed E-state index contributed by atoms with van der Waals surface area (Å²) >= 11 is 0. The highest BCUT2D eigenvalue weighted by Crippen LogP contribution is 2.27. The van der Waals surface area contributed by atoms with Gasteiger partial charge in [-0.15, -0.1) is 0 Å². The molecule has 112 valence electrons. The molecule has 4 nitrogen and oxygen atoms in total. The van der Waals surface area contributed by atoms with Crippen molar-refractivity contribution in [1.82, 2.24) is 9.88 Å². The Kier molecular flexibility index (Phi) is 5.24. The number of piperidine rings is 1. The van der Waals surface area contributed by atoms with Crippen LogP contribution in [-0.4, -0.2) is 49.7 Å². The third-order valence-corrected chi connectivity index (χ3v) is 4.45.